The van der Waals surface area contributed by atoms with Crippen molar-refractivity contribution in [3.05, 3.63) is 0 Å². The molecule has 0 spiro atoms. The summed E-state index contributed by atoms with van der Waals surface area (Å²) in [6.07, 6.45) is 1.37. The minimum Gasteiger partial charge on any atom is -0.464 e. The molecule has 0 radical (unpaired) electrons. The minimum atomic E-state index is -0.842. The molecule has 3 unspecified atom stereocenters. The molecule has 1 aliphatic heterocycles. The Labute approximate surface area is 157 Å². The van der Waals surface area contributed by atoms with E-state index in [-0.39, 0.29) is 24.6 Å². The summed E-state index contributed by atoms with van der Waals surface area (Å²) >= 11 is 0. The molecule has 0 aromatic carbocycles. The molecule has 1 aliphatic rings. The maximum absolute atomic E-state index is 11.9. The summed E-state index contributed by atoms with van der Waals surface area (Å²) in [5, 5.41) is 19.6. The van der Waals surface area contributed by atoms with Crippen LogP contribution in [0.2, 0.25) is 0 Å². The highest BCUT2D eigenvalue weighted by Gasteiger charge is 2.35. The van der Waals surface area contributed by atoms with Crippen molar-refractivity contribution in [2.45, 2.75) is 103 Å². The molecule has 1 fully saturated rings. The Morgan fingerprint density at radius 1 is 1.23 bits per heavy atom. The molecule has 1 rings (SSSR count). The van der Waals surface area contributed by atoms with Gasteiger partial charge in [-0.25, -0.2) is 0 Å². The number of hydrogen-bond acceptors (Lipinski definition) is 7. The fraction of sp³-hybridized carbons (Fsp3) is 0.947. The van der Waals surface area contributed by atoms with Crippen LogP contribution in [0.5, 0.6) is 0 Å². The van der Waals surface area contributed by atoms with E-state index < -0.39 is 24.5 Å². The van der Waals surface area contributed by atoms with Gasteiger partial charge in [0.25, 0.3) is 0 Å². The van der Waals surface area contributed by atoms with Gasteiger partial charge >= 0.3 is 5.97 Å². The number of ether oxygens (including phenoxy) is 3. The fourth-order valence-electron chi connectivity index (χ4n) is 2.94. The van der Waals surface area contributed by atoms with Gasteiger partial charge in [-0.3, -0.25) is 4.79 Å². The van der Waals surface area contributed by atoms with Gasteiger partial charge in [-0.15, -0.1) is 0 Å². The number of nitrogens with two attached hydrogens (primary N) is 1. The molecule has 154 valence electrons. The molecular weight excluding hydrogens is 338 g/mol. The van der Waals surface area contributed by atoms with Crippen LogP contribution in [0.3, 0.4) is 0 Å². The number of aliphatic hydroxyl groups is 2. The fourth-order valence-corrected chi connectivity index (χ4v) is 2.94. The number of aliphatic hydroxyl groups excluding tert-OH is 2. The Hall–Kier alpha value is -0.730. The second-order valence-electron chi connectivity index (χ2n) is 7.38. The van der Waals surface area contributed by atoms with E-state index in [2.05, 4.69) is 13.8 Å². The normalized spacial score (nSPS) is 28.8. The van der Waals surface area contributed by atoms with Crippen LogP contribution >= 0.6 is 0 Å². The third-order valence-electron chi connectivity index (χ3n) is 5.10. The van der Waals surface area contributed by atoms with Crippen molar-refractivity contribution < 1.29 is 29.2 Å². The molecule has 7 nitrogen and oxygen atoms in total. The van der Waals surface area contributed by atoms with Crippen molar-refractivity contribution in [1.82, 2.24) is 0 Å². The zero-order valence-electron chi connectivity index (χ0n) is 16.6. The number of carbonyl (C=O) groups is 1. The van der Waals surface area contributed by atoms with Crippen molar-refractivity contribution in [3.63, 3.8) is 0 Å². The maximum Gasteiger partial charge on any atom is 0.322 e. The topological polar surface area (TPSA) is 111 Å². The highest BCUT2D eigenvalue weighted by molar-refractivity contribution is 5.75. The summed E-state index contributed by atoms with van der Waals surface area (Å²) in [4.78, 5) is 11.9. The highest BCUT2D eigenvalue weighted by Crippen LogP contribution is 2.23. The van der Waals surface area contributed by atoms with Gasteiger partial charge in [-0.1, -0.05) is 26.7 Å². The highest BCUT2D eigenvalue weighted by atomic mass is 16.7. The lowest BCUT2D eigenvalue weighted by Gasteiger charge is -2.36. The molecular formula is C19H37NO6. The summed E-state index contributed by atoms with van der Waals surface area (Å²) in [6.45, 7) is 8.24. The lowest BCUT2D eigenvalue weighted by atomic mass is 10.0. The molecule has 0 amide bonds. The van der Waals surface area contributed by atoms with Gasteiger partial charge in [0.1, 0.15) is 12.1 Å². The van der Waals surface area contributed by atoms with Crippen LogP contribution < -0.4 is 5.73 Å². The van der Waals surface area contributed by atoms with E-state index in [0.717, 1.165) is 12.8 Å². The van der Waals surface area contributed by atoms with E-state index in [0.29, 0.717) is 31.8 Å². The van der Waals surface area contributed by atoms with Crippen LogP contribution in [0.4, 0.5) is 0 Å². The zero-order valence-corrected chi connectivity index (χ0v) is 16.6. The van der Waals surface area contributed by atoms with Crippen molar-refractivity contribution in [3.8, 4) is 0 Å². The van der Waals surface area contributed by atoms with Crippen LogP contribution in [0.25, 0.3) is 0 Å². The van der Waals surface area contributed by atoms with Gasteiger partial charge in [-0.2, -0.15) is 0 Å². The van der Waals surface area contributed by atoms with Crippen molar-refractivity contribution in [2.24, 2.45) is 11.7 Å². The average Bonchev–Trinajstić information content (AvgIpc) is 2.60. The molecule has 0 aromatic rings. The SMILES string of the molecule is CCC(CC)COC(=O)C(N)CCC[C@@H](C)OC1O[C@@H](C)C(O)C[C@H]1O. The molecule has 7 heteroatoms. The van der Waals surface area contributed by atoms with Crippen molar-refractivity contribution >= 4 is 5.97 Å². The molecule has 0 saturated carbocycles. The van der Waals surface area contributed by atoms with Gasteiger partial charge in [0.2, 0.25) is 0 Å². The van der Waals surface area contributed by atoms with E-state index >= 15 is 0 Å². The number of carbonyl (C=O) groups excluding carboxylic acids is 1. The smallest absolute Gasteiger partial charge is 0.322 e. The van der Waals surface area contributed by atoms with Crippen LogP contribution in [0.1, 0.15) is 66.2 Å². The van der Waals surface area contributed by atoms with E-state index in [9.17, 15) is 15.0 Å². The first-order chi connectivity index (χ1) is 12.3. The Morgan fingerprint density at radius 3 is 2.50 bits per heavy atom. The summed E-state index contributed by atoms with van der Waals surface area (Å²) in [5.74, 6) is 0.0433. The summed E-state index contributed by atoms with van der Waals surface area (Å²) in [5.41, 5.74) is 5.90. The first-order valence-electron chi connectivity index (χ1n) is 9.87. The predicted molar refractivity (Wildman–Crippen MR) is 98.4 cm³/mol. The van der Waals surface area contributed by atoms with Crippen molar-refractivity contribution in [1.29, 1.82) is 0 Å². The van der Waals surface area contributed by atoms with Crippen LogP contribution in [0, 0.1) is 5.92 Å². The molecule has 1 heterocycles. The monoisotopic (exact) mass is 375 g/mol. The Kier molecular flexibility index (Phi) is 10.6. The third-order valence-corrected chi connectivity index (χ3v) is 5.10. The number of esters is 1. The molecule has 6 atom stereocenters. The van der Waals surface area contributed by atoms with Crippen LogP contribution in [-0.2, 0) is 19.0 Å². The third kappa shape index (κ3) is 7.88. The molecule has 1 saturated heterocycles. The van der Waals surface area contributed by atoms with Gasteiger partial charge in [0.05, 0.1) is 24.9 Å². The lowest BCUT2D eigenvalue weighted by molar-refractivity contribution is -0.273. The Morgan fingerprint density at radius 2 is 1.88 bits per heavy atom. The largest absolute Gasteiger partial charge is 0.464 e. The van der Waals surface area contributed by atoms with Crippen molar-refractivity contribution in [2.75, 3.05) is 6.61 Å². The van der Waals surface area contributed by atoms with E-state index in [1.54, 1.807) is 6.92 Å². The number of rotatable bonds is 11. The summed E-state index contributed by atoms with van der Waals surface area (Å²) in [7, 11) is 0. The predicted octanol–water partition coefficient (Wildman–Crippen LogP) is 1.73. The van der Waals surface area contributed by atoms with E-state index in [4.69, 9.17) is 19.9 Å². The van der Waals surface area contributed by atoms with Crippen LogP contribution in [0.15, 0.2) is 0 Å². The Bertz CT molecular complexity index is 403. The van der Waals surface area contributed by atoms with Gasteiger partial charge in [0.15, 0.2) is 6.29 Å². The lowest BCUT2D eigenvalue weighted by Crippen LogP contribution is -2.48. The molecule has 0 bridgehead atoms. The van der Waals surface area contributed by atoms with Crippen LogP contribution in [-0.4, -0.2) is 59.5 Å². The Balaban J connectivity index is 2.24. The van der Waals surface area contributed by atoms with Gasteiger partial charge < -0.3 is 30.2 Å². The average molecular weight is 376 g/mol. The molecule has 26 heavy (non-hydrogen) atoms. The molecule has 0 aliphatic carbocycles. The standard InChI is InChI=1S/C19H37NO6/c1-5-14(6-2)11-24-18(23)15(20)9-7-8-12(3)25-19-17(22)10-16(21)13(4)26-19/h12-17,19,21-22H,5-11,20H2,1-4H3/t12-,13+,15?,16?,17-,19?/m1/s1. The zero-order chi connectivity index (χ0) is 19.7. The second kappa shape index (κ2) is 11.9. The van der Waals surface area contributed by atoms with Gasteiger partial charge in [0, 0.05) is 6.42 Å². The number of hydrogen-bond donors (Lipinski definition) is 3. The maximum atomic E-state index is 11.9. The summed E-state index contributed by atoms with van der Waals surface area (Å²) in [6, 6.07) is -0.622. The van der Waals surface area contributed by atoms with E-state index in [1.807, 2.05) is 6.92 Å². The van der Waals surface area contributed by atoms with Gasteiger partial charge in [-0.05, 0) is 39.0 Å². The summed E-state index contributed by atoms with van der Waals surface area (Å²) < 4.78 is 16.5. The minimum absolute atomic E-state index is 0.148. The quantitative estimate of drug-likeness (QED) is 0.472. The second-order valence-corrected chi connectivity index (χ2v) is 7.38. The first kappa shape index (κ1) is 23.3. The first-order valence-corrected chi connectivity index (χ1v) is 9.87. The van der Waals surface area contributed by atoms with E-state index in [1.165, 1.54) is 0 Å². The molecule has 4 N–H and O–H groups in total. The molecule has 0 aromatic heterocycles.